The first-order valence-corrected chi connectivity index (χ1v) is 9.80. The molecule has 0 fully saturated rings. The highest BCUT2D eigenvalue weighted by Gasteiger charge is 2.13. The number of fused-ring (bicyclic) bond motifs is 1. The first kappa shape index (κ1) is 20.6. The second-order valence-corrected chi connectivity index (χ2v) is 7.36. The molecule has 0 saturated heterocycles. The molecule has 0 aliphatic rings. The van der Waals surface area contributed by atoms with Crippen LogP contribution in [0.5, 0.6) is 0 Å². The van der Waals surface area contributed by atoms with E-state index in [0.29, 0.717) is 6.54 Å². The number of amides is 2. The van der Waals surface area contributed by atoms with Crippen molar-refractivity contribution in [2.75, 3.05) is 32.0 Å². The van der Waals surface area contributed by atoms with Gasteiger partial charge < -0.3 is 10.6 Å². The molecule has 0 bridgehead atoms. The predicted octanol–water partition coefficient (Wildman–Crippen LogP) is 3.63. The Hall–Kier alpha value is -3.18. The van der Waals surface area contributed by atoms with E-state index in [2.05, 4.69) is 29.7 Å². The Morgan fingerprint density at radius 1 is 0.862 bits per heavy atom. The van der Waals surface area contributed by atoms with Crippen molar-refractivity contribution in [3.8, 4) is 0 Å². The molecule has 2 N–H and O–H groups in total. The van der Waals surface area contributed by atoms with E-state index in [1.54, 1.807) is 11.9 Å². The van der Waals surface area contributed by atoms with Crippen molar-refractivity contribution >= 4 is 28.3 Å². The summed E-state index contributed by atoms with van der Waals surface area (Å²) in [6.07, 6.45) is 0. The lowest BCUT2D eigenvalue weighted by Gasteiger charge is -2.18. The lowest BCUT2D eigenvalue weighted by molar-refractivity contribution is -0.123. The Morgan fingerprint density at radius 2 is 1.52 bits per heavy atom. The minimum absolute atomic E-state index is 0.0896. The fourth-order valence-electron chi connectivity index (χ4n) is 3.29. The molecule has 0 unspecified atom stereocenters. The van der Waals surface area contributed by atoms with Gasteiger partial charge in [0, 0.05) is 17.6 Å². The molecule has 0 aliphatic carbocycles. The van der Waals surface area contributed by atoms with Gasteiger partial charge >= 0.3 is 0 Å². The lowest BCUT2D eigenvalue weighted by Crippen LogP contribution is -2.39. The molecule has 2 amide bonds. The number of nitrogens with zero attached hydrogens (tertiary/aromatic N) is 1. The van der Waals surface area contributed by atoms with E-state index in [9.17, 15) is 9.59 Å². The van der Waals surface area contributed by atoms with E-state index in [1.807, 2.05) is 60.7 Å². The molecule has 5 heteroatoms. The Labute approximate surface area is 171 Å². The second kappa shape index (κ2) is 9.85. The predicted molar refractivity (Wildman–Crippen MR) is 118 cm³/mol. The number of likely N-dealkylation sites (N-methyl/N-ethyl adjacent to an activating group) is 1. The zero-order valence-corrected chi connectivity index (χ0v) is 16.9. The largest absolute Gasteiger partial charge is 0.354 e. The van der Waals surface area contributed by atoms with Crippen molar-refractivity contribution in [1.82, 2.24) is 10.2 Å². The topological polar surface area (TPSA) is 61.4 Å². The minimum atomic E-state index is -0.144. The molecule has 0 spiro atoms. The van der Waals surface area contributed by atoms with Crippen molar-refractivity contribution in [2.24, 2.45) is 0 Å². The van der Waals surface area contributed by atoms with Gasteiger partial charge in [-0.3, -0.25) is 14.5 Å². The number of rotatable bonds is 8. The monoisotopic (exact) mass is 389 g/mol. The number of nitrogens with one attached hydrogen (secondary N) is 2. The van der Waals surface area contributed by atoms with E-state index in [-0.39, 0.29) is 30.8 Å². The van der Waals surface area contributed by atoms with Crippen LogP contribution in [0, 0.1) is 0 Å². The van der Waals surface area contributed by atoms with Crippen LogP contribution in [0.3, 0.4) is 0 Å². The molecule has 0 aromatic heterocycles. The number of anilines is 1. The summed E-state index contributed by atoms with van der Waals surface area (Å²) in [4.78, 5) is 26.3. The van der Waals surface area contributed by atoms with Crippen LogP contribution in [0.15, 0.2) is 72.8 Å². The molecule has 5 nitrogen and oxygen atoms in total. The van der Waals surface area contributed by atoms with Gasteiger partial charge in [0.1, 0.15) is 0 Å². The van der Waals surface area contributed by atoms with E-state index >= 15 is 0 Å². The summed E-state index contributed by atoms with van der Waals surface area (Å²) in [5.74, 6) is 0.00247. The molecule has 1 atom stereocenters. The maximum Gasteiger partial charge on any atom is 0.238 e. The lowest BCUT2D eigenvalue weighted by atomic mass is 10.0. The number of hydrogen-bond acceptors (Lipinski definition) is 3. The standard InChI is InChI=1S/C24H27N3O2/c1-18(19-9-4-3-5-10-19)15-25-23(28)16-27(2)17-24(29)26-22-14-8-12-20-11-6-7-13-21(20)22/h3-14,18H,15-17H2,1-2H3,(H,25,28)(H,26,29)/t18-/m1/s1. The molecule has 0 heterocycles. The van der Waals surface area contributed by atoms with Gasteiger partial charge in [0.05, 0.1) is 13.1 Å². The fourth-order valence-corrected chi connectivity index (χ4v) is 3.29. The summed E-state index contributed by atoms with van der Waals surface area (Å²) in [6, 6.07) is 23.8. The number of carbonyl (C=O) groups is 2. The quantitative estimate of drug-likeness (QED) is 0.618. The fraction of sp³-hybridized carbons (Fsp3) is 0.250. The summed E-state index contributed by atoms with van der Waals surface area (Å²) in [6.45, 7) is 2.96. The third-order valence-electron chi connectivity index (χ3n) is 4.86. The van der Waals surface area contributed by atoms with Crippen LogP contribution < -0.4 is 10.6 Å². The molecule has 29 heavy (non-hydrogen) atoms. The van der Waals surface area contributed by atoms with Gasteiger partial charge in [-0.25, -0.2) is 0 Å². The summed E-state index contributed by atoms with van der Waals surface area (Å²) >= 11 is 0. The summed E-state index contributed by atoms with van der Waals surface area (Å²) < 4.78 is 0. The summed E-state index contributed by atoms with van der Waals surface area (Å²) in [7, 11) is 1.77. The van der Waals surface area contributed by atoms with Gasteiger partial charge in [0.2, 0.25) is 11.8 Å². The molecule has 3 aromatic rings. The van der Waals surface area contributed by atoms with Crippen LogP contribution in [-0.2, 0) is 9.59 Å². The molecule has 3 rings (SSSR count). The number of carbonyl (C=O) groups excluding carboxylic acids is 2. The van der Waals surface area contributed by atoms with Crippen molar-refractivity contribution in [3.05, 3.63) is 78.4 Å². The smallest absolute Gasteiger partial charge is 0.238 e. The van der Waals surface area contributed by atoms with E-state index in [0.717, 1.165) is 16.5 Å². The van der Waals surface area contributed by atoms with Gasteiger partial charge in [-0.1, -0.05) is 73.7 Å². The van der Waals surface area contributed by atoms with Crippen LogP contribution in [0.1, 0.15) is 18.4 Å². The Kier molecular flexibility index (Phi) is 6.98. The van der Waals surface area contributed by atoms with Crippen LogP contribution in [0.25, 0.3) is 10.8 Å². The average Bonchev–Trinajstić information content (AvgIpc) is 2.72. The second-order valence-electron chi connectivity index (χ2n) is 7.36. The highest BCUT2D eigenvalue weighted by atomic mass is 16.2. The molecular formula is C24H27N3O2. The third-order valence-corrected chi connectivity index (χ3v) is 4.86. The number of benzene rings is 3. The summed E-state index contributed by atoms with van der Waals surface area (Å²) in [5.41, 5.74) is 1.97. The van der Waals surface area contributed by atoms with E-state index in [4.69, 9.17) is 0 Å². The van der Waals surface area contributed by atoms with Gasteiger partial charge in [0.15, 0.2) is 0 Å². The molecular weight excluding hydrogens is 362 g/mol. The Balaban J connectivity index is 1.46. The SMILES string of the molecule is C[C@H](CNC(=O)CN(C)CC(=O)Nc1cccc2ccccc12)c1ccccc1. The molecule has 150 valence electrons. The van der Waals surface area contributed by atoms with Gasteiger partial charge in [0.25, 0.3) is 0 Å². The van der Waals surface area contributed by atoms with Gasteiger partial charge in [-0.05, 0) is 30.0 Å². The van der Waals surface area contributed by atoms with Crippen LogP contribution >= 0.6 is 0 Å². The van der Waals surface area contributed by atoms with Crippen LogP contribution in [0.2, 0.25) is 0 Å². The molecule has 0 aliphatic heterocycles. The molecule has 0 saturated carbocycles. The van der Waals surface area contributed by atoms with E-state index < -0.39 is 0 Å². The maximum atomic E-state index is 12.4. The maximum absolute atomic E-state index is 12.4. The first-order chi connectivity index (χ1) is 14.0. The molecule has 3 aromatic carbocycles. The van der Waals surface area contributed by atoms with Crippen molar-refractivity contribution < 1.29 is 9.59 Å². The van der Waals surface area contributed by atoms with Crippen molar-refractivity contribution in [3.63, 3.8) is 0 Å². The van der Waals surface area contributed by atoms with Gasteiger partial charge in [-0.15, -0.1) is 0 Å². The van der Waals surface area contributed by atoms with Crippen molar-refractivity contribution in [2.45, 2.75) is 12.8 Å². The van der Waals surface area contributed by atoms with Crippen LogP contribution in [-0.4, -0.2) is 43.4 Å². The Morgan fingerprint density at radius 3 is 2.31 bits per heavy atom. The number of hydrogen-bond donors (Lipinski definition) is 2. The average molecular weight is 389 g/mol. The Bertz CT molecular complexity index is 967. The summed E-state index contributed by atoms with van der Waals surface area (Å²) in [5, 5.41) is 7.97. The van der Waals surface area contributed by atoms with Gasteiger partial charge in [-0.2, -0.15) is 0 Å². The normalized spacial score (nSPS) is 12.0. The first-order valence-electron chi connectivity index (χ1n) is 9.80. The zero-order chi connectivity index (χ0) is 20.6. The van der Waals surface area contributed by atoms with Crippen molar-refractivity contribution in [1.29, 1.82) is 0 Å². The highest BCUT2D eigenvalue weighted by Crippen LogP contribution is 2.22. The minimum Gasteiger partial charge on any atom is -0.354 e. The highest BCUT2D eigenvalue weighted by molar-refractivity contribution is 6.02. The van der Waals surface area contributed by atoms with E-state index in [1.165, 1.54) is 5.56 Å². The van der Waals surface area contributed by atoms with Crippen LogP contribution in [0.4, 0.5) is 5.69 Å². The molecule has 0 radical (unpaired) electrons. The third kappa shape index (κ3) is 5.90. The zero-order valence-electron chi connectivity index (χ0n) is 16.9.